The summed E-state index contributed by atoms with van der Waals surface area (Å²) in [4.78, 5) is 16.1. The van der Waals surface area contributed by atoms with E-state index in [0.29, 0.717) is 19.1 Å². The Hall–Kier alpha value is -1.42. The van der Waals surface area contributed by atoms with Gasteiger partial charge in [-0.25, -0.2) is 0 Å². The van der Waals surface area contributed by atoms with Crippen LogP contribution in [0.15, 0.2) is 18.2 Å². The Bertz CT molecular complexity index is 414. The molecule has 19 heavy (non-hydrogen) atoms. The molecule has 104 valence electrons. The Labute approximate surface area is 114 Å². The van der Waals surface area contributed by atoms with Gasteiger partial charge in [0.05, 0.1) is 6.10 Å². The average Bonchev–Trinajstić information content (AvgIpc) is 2.89. The number of nitrogens with one attached hydrogen (secondary N) is 1. The van der Waals surface area contributed by atoms with Crippen molar-refractivity contribution in [2.75, 3.05) is 13.2 Å². The van der Waals surface area contributed by atoms with E-state index < -0.39 is 0 Å². The fraction of sp³-hybridized carbons (Fsp3) is 0.600. The van der Waals surface area contributed by atoms with Crippen molar-refractivity contribution < 1.29 is 9.53 Å². The number of aromatic nitrogens is 1. The van der Waals surface area contributed by atoms with Gasteiger partial charge in [0, 0.05) is 37.4 Å². The van der Waals surface area contributed by atoms with Gasteiger partial charge in [-0.2, -0.15) is 0 Å². The topological polar surface area (TPSA) is 51.2 Å². The van der Waals surface area contributed by atoms with Gasteiger partial charge in [-0.05, 0) is 38.3 Å². The monoisotopic (exact) mass is 262 g/mol. The molecule has 0 saturated carbocycles. The molecular weight excluding hydrogens is 240 g/mol. The summed E-state index contributed by atoms with van der Waals surface area (Å²) in [5.41, 5.74) is 2.04. The van der Waals surface area contributed by atoms with Gasteiger partial charge in [0.2, 0.25) is 5.91 Å². The third kappa shape index (κ3) is 4.99. The van der Waals surface area contributed by atoms with Crippen LogP contribution in [-0.4, -0.2) is 30.1 Å². The fourth-order valence-electron chi connectivity index (χ4n) is 2.32. The van der Waals surface area contributed by atoms with Gasteiger partial charge in [0.1, 0.15) is 0 Å². The van der Waals surface area contributed by atoms with Gasteiger partial charge in [0.25, 0.3) is 0 Å². The van der Waals surface area contributed by atoms with E-state index in [4.69, 9.17) is 4.74 Å². The predicted molar refractivity (Wildman–Crippen MR) is 73.9 cm³/mol. The Balaban J connectivity index is 1.60. The minimum Gasteiger partial charge on any atom is -0.378 e. The number of carbonyl (C=O) groups excluding carboxylic acids is 1. The van der Waals surface area contributed by atoms with Crippen LogP contribution in [0.3, 0.4) is 0 Å². The Morgan fingerprint density at radius 2 is 2.42 bits per heavy atom. The molecule has 0 aromatic carbocycles. The zero-order valence-corrected chi connectivity index (χ0v) is 11.5. The molecule has 1 amide bonds. The molecule has 0 bridgehead atoms. The second-order valence-corrected chi connectivity index (χ2v) is 5.04. The molecule has 4 heteroatoms. The van der Waals surface area contributed by atoms with E-state index in [0.717, 1.165) is 43.7 Å². The van der Waals surface area contributed by atoms with E-state index >= 15 is 0 Å². The lowest BCUT2D eigenvalue weighted by Gasteiger charge is -2.09. The van der Waals surface area contributed by atoms with Crippen molar-refractivity contribution in [2.45, 2.75) is 45.1 Å². The first-order valence-corrected chi connectivity index (χ1v) is 7.05. The summed E-state index contributed by atoms with van der Waals surface area (Å²) in [6.07, 6.45) is 4.71. The van der Waals surface area contributed by atoms with Crippen molar-refractivity contribution >= 4 is 5.91 Å². The van der Waals surface area contributed by atoms with E-state index in [1.807, 2.05) is 25.1 Å². The number of nitrogens with zero attached hydrogens (tertiary/aromatic N) is 1. The number of carbonyl (C=O) groups is 1. The number of hydrogen-bond donors (Lipinski definition) is 1. The first-order valence-electron chi connectivity index (χ1n) is 7.05. The van der Waals surface area contributed by atoms with E-state index in [2.05, 4.69) is 10.3 Å². The number of hydrogen-bond acceptors (Lipinski definition) is 3. The lowest BCUT2D eigenvalue weighted by atomic mass is 10.1. The molecule has 2 heterocycles. The molecule has 0 unspecified atom stereocenters. The predicted octanol–water partition coefficient (Wildman–Crippen LogP) is 2.01. The Morgan fingerprint density at radius 1 is 1.53 bits per heavy atom. The molecule has 1 aromatic heterocycles. The number of ether oxygens (including phenoxy) is 1. The maximum Gasteiger partial charge on any atom is 0.220 e. The van der Waals surface area contributed by atoms with Crippen LogP contribution in [0.4, 0.5) is 0 Å². The van der Waals surface area contributed by atoms with Gasteiger partial charge in [-0.1, -0.05) is 6.07 Å². The molecular formula is C15H22N2O2. The van der Waals surface area contributed by atoms with E-state index in [-0.39, 0.29) is 5.91 Å². The molecule has 1 aliphatic heterocycles. The zero-order valence-electron chi connectivity index (χ0n) is 11.5. The summed E-state index contributed by atoms with van der Waals surface area (Å²) in [6.45, 7) is 3.48. The fourth-order valence-corrected chi connectivity index (χ4v) is 2.32. The van der Waals surface area contributed by atoms with Crippen molar-refractivity contribution in [1.29, 1.82) is 0 Å². The first-order chi connectivity index (χ1) is 9.24. The minimum atomic E-state index is 0.114. The Kier molecular flexibility index (Phi) is 5.33. The molecule has 1 atom stereocenters. The highest BCUT2D eigenvalue weighted by atomic mass is 16.5. The number of pyridine rings is 1. The van der Waals surface area contributed by atoms with Gasteiger partial charge >= 0.3 is 0 Å². The molecule has 1 N–H and O–H groups in total. The van der Waals surface area contributed by atoms with Crippen LogP contribution < -0.4 is 5.32 Å². The summed E-state index contributed by atoms with van der Waals surface area (Å²) in [5, 5.41) is 2.94. The molecule has 0 spiro atoms. The second kappa shape index (κ2) is 7.24. The van der Waals surface area contributed by atoms with E-state index in [1.165, 1.54) is 0 Å². The Morgan fingerprint density at radius 3 is 3.16 bits per heavy atom. The molecule has 1 aliphatic rings. The third-order valence-electron chi connectivity index (χ3n) is 3.37. The largest absolute Gasteiger partial charge is 0.378 e. The molecule has 1 aromatic rings. The zero-order chi connectivity index (χ0) is 13.5. The summed E-state index contributed by atoms with van der Waals surface area (Å²) >= 11 is 0. The normalized spacial score (nSPS) is 18.5. The molecule has 1 fully saturated rings. The van der Waals surface area contributed by atoms with E-state index in [9.17, 15) is 4.79 Å². The SMILES string of the molecule is Cc1cccc(CCNC(=O)CC[C@@H]2CCCO2)n1. The number of amides is 1. The summed E-state index contributed by atoms with van der Waals surface area (Å²) in [6, 6.07) is 5.96. The van der Waals surface area contributed by atoms with Crippen LogP contribution >= 0.6 is 0 Å². The maximum atomic E-state index is 11.7. The van der Waals surface area contributed by atoms with Gasteiger partial charge in [-0.15, -0.1) is 0 Å². The number of aryl methyl sites for hydroxylation is 1. The summed E-state index contributed by atoms with van der Waals surface area (Å²) in [7, 11) is 0. The first kappa shape index (κ1) is 14.0. The highest BCUT2D eigenvalue weighted by molar-refractivity contribution is 5.75. The van der Waals surface area contributed by atoms with Crippen LogP contribution in [0.2, 0.25) is 0 Å². The van der Waals surface area contributed by atoms with E-state index in [1.54, 1.807) is 0 Å². The van der Waals surface area contributed by atoms with Gasteiger partial charge in [-0.3, -0.25) is 9.78 Å². The van der Waals surface area contributed by atoms with Crippen LogP contribution in [0.5, 0.6) is 0 Å². The van der Waals surface area contributed by atoms with Crippen LogP contribution in [0, 0.1) is 6.92 Å². The van der Waals surface area contributed by atoms with Crippen molar-refractivity contribution in [3.8, 4) is 0 Å². The minimum absolute atomic E-state index is 0.114. The molecule has 0 radical (unpaired) electrons. The standard InChI is InChI=1S/C15H22N2O2/c1-12-4-2-5-13(17-12)9-10-16-15(18)8-7-14-6-3-11-19-14/h2,4-5,14H,3,6-11H2,1H3,(H,16,18)/t14-/m0/s1. The third-order valence-corrected chi connectivity index (χ3v) is 3.37. The van der Waals surface area contributed by atoms with Crippen molar-refractivity contribution in [3.05, 3.63) is 29.6 Å². The molecule has 1 saturated heterocycles. The van der Waals surface area contributed by atoms with Crippen molar-refractivity contribution in [3.63, 3.8) is 0 Å². The smallest absolute Gasteiger partial charge is 0.220 e. The quantitative estimate of drug-likeness (QED) is 0.853. The highest BCUT2D eigenvalue weighted by Crippen LogP contribution is 2.16. The van der Waals surface area contributed by atoms with Crippen LogP contribution in [0.1, 0.15) is 37.1 Å². The average molecular weight is 262 g/mol. The molecule has 4 nitrogen and oxygen atoms in total. The van der Waals surface area contributed by atoms with Gasteiger partial charge in [0.15, 0.2) is 0 Å². The summed E-state index contributed by atoms with van der Waals surface area (Å²) in [5.74, 6) is 0.114. The van der Waals surface area contributed by atoms with Crippen molar-refractivity contribution in [1.82, 2.24) is 10.3 Å². The lowest BCUT2D eigenvalue weighted by molar-refractivity contribution is -0.121. The van der Waals surface area contributed by atoms with Crippen molar-refractivity contribution in [2.24, 2.45) is 0 Å². The molecule has 2 rings (SSSR count). The van der Waals surface area contributed by atoms with Gasteiger partial charge < -0.3 is 10.1 Å². The lowest BCUT2D eigenvalue weighted by Crippen LogP contribution is -2.26. The van der Waals surface area contributed by atoms with Crippen LogP contribution in [-0.2, 0) is 16.0 Å². The number of rotatable bonds is 6. The highest BCUT2D eigenvalue weighted by Gasteiger charge is 2.16. The van der Waals surface area contributed by atoms with Crippen LogP contribution in [0.25, 0.3) is 0 Å². The maximum absolute atomic E-state index is 11.7. The molecule has 0 aliphatic carbocycles. The summed E-state index contributed by atoms with van der Waals surface area (Å²) < 4.78 is 5.50. The second-order valence-electron chi connectivity index (χ2n) is 5.04.